The van der Waals surface area contributed by atoms with Gasteiger partial charge in [-0.25, -0.2) is 0 Å². The van der Waals surface area contributed by atoms with E-state index < -0.39 is 0 Å². The topological polar surface area (TPSA) is 33.7 Å². The molecule has 3 aliphatic heterocycles. The molecule has 0 amide bonds. The van der Waals surface area contributed by atoms with Crippen LogP contribution < -0.4 is 14.8 Å². The van der Waals surface area contributed by atoms with Crippen molar-refractivity contribution in [1.82, 2.24) is 10.2 Å². The molecule has 144 valence electrons. The monoisotopic (exact) mass is 386 g/mol. The van der Waals surface area contributed by atoms with E-state index in [4.69, 9.17) is 21.1 Å². The molecule has 27 heavy (non-hydrogen) atoms. The molecule has 2 aromatic rings. The van der Waals surface area contributed by atoms with Crippen LogP contribution in [0.15, 0.2) is 42.5 Å². The lowest BCUT2D eigenvalue weighted by molar-refractivity contribution is 0.0720. The lowest BCUT2D eigenvalue weighted by Gasteiger charge is -2.45. The van der Waals surface area contributed by atoms with E-state index >= 15 is 0 Å². The number of hydrogen-bond acceptors (Lipinski definition) is 4. The molecule has 0 radical (unpaired) electrons. The molecule has 0 saturated carbocycles. The van der Waals surface area contributed by atoms with Gasteiger partial charge < -0.3 is 19.7 Å². The first-order valence-electron chi connectivity index (χ1n) is 9.72. The highest BCUT2D eigenvalue weighted by Crippen LogP contribution is 2.37. The maximum atomic E-state index is 6.52. The number of piperidine rings is 3. The van der Waals surface area contributed by atoms with E-state index in [2.05, 4.69) is 10.2 Å². The number of ether oxygens (including phenoxy) is 2. The van der Waals surface area contributed by atoms with Crippen molar-refractivity contribution in [1.29, 1.82) is 0 Å². The Morgan fingerprint density at radius 3 is 2.56 bits per heavy atom. The Morgan fingerprint density at radius 1 is 1.11 bits per heavy atom. The molecule has 0 unspecified atom stereocenters. The first-order chi connectivity index (χ1) is 13.2. The molecule has 1 atom stereocenters. The number of nitrogens with zero attached hydrogens (tertiary/aromatic N) is 1. The van der Waals surface area contributed by atoms with Gasteiger partial charge in [0.2, 0.25) is 0 Å². The van der Waals surface area contributed by atoms with Gasteiger partial charge in [0.05, 0.1) is 12.1 Å². The van der Waals surface area contributed by atoms with Gasteiger partial charge in [-0.2, -0.15) is 0 Å². The molecule has 3 saturated heterocycles. The zero-order chi connectivity index (χ0) is 18.6. The van der Waals surface area contributed by atoms with Crippen LogP contribution in [0.4, 0.5) is 0 Å². The molecule has 0 aromatic heterocycles. The third-order valence-electron chi connectivity index (χ3n) is 5.74. The average Bonchev–Trinajstić information content (AvgIpc) is 2.72. The fourth-order valence-corrected chi connectivity index (χ4v) is 4.48. The van der Waals surface area contributed by atoms with Crippen molar-refractivity contribution in [2.24, 2.45) is 5.92 Å². The predicted octanol–water partition coefficient (Wildman–Crippen LogP) is 4.11. The Hall–Kier alpha value is -1.75. The van der Waals surface area contributed by atoms with Crippen LogP contribution in [0.1, 0.15) is 24.0 Å². The first-order valence-corrected chi connectivity index (χ1v) is 10.1. The lowest BCUT2D eigenvalue weighted by atomic mass is 9.84. The van der Waals surface area contributed by atoms with Crippen molar-refractivity contribution in [2.75, 3.05) is 26.7 Å². The van der Waals surface area contributed by atoms with E-state index in [1.165, 1.54) is 25.9 Å². The van der Waals surface area contributed by atoms with Gasteiger partial charge in [0.25, 0.3) is 0 Å². The van der Waals surface area contributed by atoms with E-state index in [0.717, 1.165) is 30.1 Å². The number of hydrogen-bond donors (Lipinski definition) is 1. The number of nitrogens with one attached hydrogen (secondary N) is 1. The van der Waals surface area contributed by atoms with Crippen molar-refractivity contribution < 1.29 is 9.47 Å². The molecule has 2 aromatic carbocycles. The Morgan fingerprint density at radius 2 is 1.89 bits per heavy atom. The number of rotatable bonds is 7. The molecule has 3 fully saturated rings. The lowest BCUT2D eigenvalue weighted by Crippen LogP contribution is -2.55. The molecule has 5 heteroatoms. The minimum atomic E-state index is 0.466. The summed E-state index contributed by atoms with van der Waals surface area (Å²) in [5.41, 5.74) is 2.23. The van der Waals surface area contributed by atoms with Crippen LogP contribution in [0.25, 0.3) is 0 Å². The Kier molecular flexibility index (Phi) is 5.86. The zero-order valence-corrected chi connectivity index (χ0v) is 16.5. The predicted molar refractivity (Wildman–Crippen MR) is 109 cm³/mol. The molecule has 4 nitrogen and oxygen atoms in total. The zero-order valence-electron chi connectivity index (χ0n) is 15.8. The van der Waals surface area contributed by atoms with Crippen LogP contribution in [0, 0.1) is 5.92 Å². The normalized spacial score (nSPS) is 24.0. The summed E-state index contributed by atoms with van der Waals surface area (Å²) < 4.78 is 11.5. The van der Waals surface area contributed by atoms with Crippen LogP contribution in [0.2, 0.25) is 5.02 Å². The van der Waals surface area contributed by atoms with Crippen LogP contribution in [0.5, 0.6) is 11.5 Å². The van der Waals surface area contributed by atoms with Gasteiger partial charge in [0, 0.05) is 19.1 Å². The van der Waals surface area contributed by atoms with Crippen LogP contribution in [0.3, 0.4) is 0 Å². The highest BCUT2D eigenvalue weighted by molar-refractivity contribution is 6.32. The number of fused-ring (bicyclic) bond motifs is 3. The highest BCUT2D eigenvalue weighted by atomic mass is 35.5. The van der Waals surface area contributed by atoms with Gasteiger partial charge in [-0.3, -0.25) is 0 Å². The number of benzene rings is 2. The van der Waals surface area contributed by atoms with Crippen LogP contribution in [-0.4, -0.2) is 37.7 Å². The Labute approximate surface area is 166 Å². The van der Waals surface area contributed by atoms with Gasteiger partial charge in [-0.05, 0) is 55.1 Å². The smallest absolute Gasteiger partial charge is 0.180 e. The molecule has 2 bridgehead atoms. The van der Waals surface area contributed by atoms with Gasteiger partial charge in [-0.15, -0.1) is 0 Å². The maximum absolute atomic E-state index is 6.52. The second-order valence-electron chi connectivity index (χ2n) is 7.51. The van der Waals surface area contributed by atoms with Crippen molar-refractivity contribution >= 4 is 11.6 Å². The molecule has 1 N–H and O–H groups in total. The summed E-state index contributed by atoms with van der Waals surface area (Å²) in [7, 11) is 1.66. The van der Waals surface area contributed by atoms with Gasteiger partial charge in [0.15, 0.2) is 11.5 Å². The second kappa shape index (κ2) is 8.51. The Bertz CT molecular complexity index is 760. The van der Waals surface area contributed by atoms with E-state index in [-0.39, 0.29) is 0 Å². The highest BCUT2D eigenvalue weighted by Gasteiger charge is 2.33. The average molecular weight is 387 g/mol. The molecule has 3 heterocycles. The molecular weight excluding hydrogens is 360 g/mol. The van der Waals surface area contributed by atoms with E-state index in [0.29, 0.717) is 29.2 Å². The number of halogens is 1. The van der Waals surface area contributed by atoms with Crippen LogP contribution >= 0.6 is 11.6 Å². The van der Waals surface area contributed by atoms with E-state index in [1.54, 1.807) is 7.11 Å². The first kappa shape index (κ1) is 18.6. The summed E-state index contributed by atoms with van der Waals surface area (Å²) in [5.74, 6) is 2.10. The summed E-state index contributed by atoms with van der Waals surface area (Å²) in [6, 6.07) is 14.7. The standard InChI is InChI=1S/C22H27ClN2O2/c1-26-21-12-17(13-24-20-14-25-9-7-18(20)8-10-25)11-19(23)22(21)27-15-16-5-3-2-4-6-16/h2-6,11-12,18,20,24H,7-10,13-15H2,1H3/t20-/m1/s1. The van der Waals surface area contributed by atoms with Crippen molar-refractivity contribution in [2.45, 2.75) is 32.0 Å². The van der Waals surface area contributed by atoms with Crippen molar-refractivity contribution in [3.05, 3.63) is 58.6 Å². The quantitative estimate of drug-likeness (QED) is 0.776. The summed E-state index contributed by atoms with van der Waals surface area (Å²) in [4.78, 5) is 2.56. The van der Waals surface area contributed by atoms with E-state index in [1.807, 2.05) is 42.5 Å². The molecule has 0 spiro atoms. The third-order valence-corrected chi connectivity index (χ3v) is 6.02. The summed E-state index contributed by atoms with van der Waals surface area (Å²) >= 11 is 6.52. The minimum Gasteiger partial charge on any atom is -0.493 e. The van der Waals surface area contributed by atoms with Gasteiger partial charge in [0.1, 0.15) is 6.61 Å². The maximum Gasteiger partial charge on any atom is 0.180 e. The minimum absolute atomic E-state index is 0.466. The summed E-state index contributed by atoms with van der Waals surface area (Å²) in [5, 5.41) is 4.32. The van der Waals surface area contributed by atoms with Gasteiger partial charge in [-0.1, -0.05) is 41.9 Å². The van der Waals surface area contributed by atoms with Crippen molar-refractivity contribution in [3.63, 3.8) is 0 Å². The second-order valence-corrected chi connectivity index (χ2v) is 7.92. The molecular formula is C22H27ClN2O2. The third kappa shape index (κ3) is 4.40. The fraction of sp³-hybridized carbons (Fsp3) is 0.455. The number of methoxy groups -OCH3 is 1. The molecule has 5 rings (SSSR count). The molecule has 3 aliphatic rings. The van der Waals surface area contributed by atoms with E-state index in [9.17, 15) is 0 Å². The molecule has 0 aliphatic carbocycles. The fourth-order valence-electron chi connectivity index (χ4n) is 4.19. The summed E-state index contributed by atoms with van der Waals surface area (Å²) in [6.07, 6.45) is 2.63. The van der Waals surface area contributed by atoms with Crippen molar-refractivity contribution in [3.8, 4) is 11.5 Å². The van der Waals surface area contributed by atoms with Crippen LogP contribution in [-0.2, 0) is 13.2 Å². The summed E-state index contributed by atoms with van der Waals surface area (Å²) in [6.45, 7) is 4.94. The Balaban J connectivity index is 1.41. The van der Waals surface area contributed by atoms with Gasteiger partial charge >= 0.3 is 0 Å². The SMILES string of the molecule is COc1cc(CN[C@@H]2CN3CCC2CC3)cc(Cl)c1OCc1ccccc1. The largest absolute Gasteiger partial charge is 0.493 e.